The Labute approximate surface area is 203 Å². The second kappa shape index (κ2) is 8.94. The number of hydrogen-bond acceptors (Lipinski definition) is 4. The average molecular weight is 499 g/mol. The third-order valence-corrected chi connectivity index (χ3v) is 7.41. The minimum Gasteiger partial charge on any atom is -0.479 e. The number of carbonyl (C=O) groups is 1. The number of hydrogen-bond donors (Lipinski definition) is 2. The molecule has 2 N–H and O–H groups in total. The van der Waals surface area contributed by atoms with Crippen molar-refractivity contribution in [1.82, 2.24) is 14.8 Å². The number of nitrogens with one attached hydrogen (secondary N) is 1. The predicted molar refractivity (Wildman–Crippen MR) is 125 cm³/mol. The van der Waals surface area contributed by atoms with E-state index >= 15 is 4.39 Å². The summed E-state index contributed by atoms with van der Waals surface area (Å²) in [5, 5.41) is 17.0. The molecule has 188 valence electrons. The number of fused-ring (bicyclic) bond motifs is 2. The van der Waals surface area contributed by atoms with Crippen LogP contribution in [-0.4, -0.2) is 51.8 Å². The number of aromatic nitrogens is 3. The molecular formula is C26H24F3N3O4. The van der Waals surface area contributed by atoms with Crippen molar-refractivity contribution in [2.75, 3.05) is 19.8 Å². The molecule has 0 aliphatic carbocycles. The monoisotopic (exact) mass is 499 g/mol. The van der Waals surface area contributed by atoms with Gasteiger partial charge >= 0.3 is 5.97 Å². The van der Waals surface area contributed by atoms with E-state index in [9.17, 15) is 18.7 Å². The lowest BCUT2D eigenvalue weighted by atomic mass is 9.84. The summed E-state index contributed by atoms with van der Waals surface area (Å²) in [4.78, 5) is 11.5. The van der Waals surface area contributed by atoms with Crippen molar-refractivity contribution in [2.24, 2.45) is 0 Å². The maximum Gasteiger partial charge on any atom is 0.332 e. The van der Waals surface area contributed by atoms with Crippen molar-refractivity contribution in [2.45, 2.75) is 43.6 Å². The van der Waals surface area contributed by atoms with E-state index in [1.807, 2.05) is 4.57 Å². The highest BCUT2D eigenvalue weighted by Crippen LogP contribution is 2.46. The molecule has 2 fully saturated rings. The van der Waals surface area contributed by atoms with Crippen molar-refractivity contribution in [1.29, 1.82) is 0 Å². The van der Waals surface area contributed by atoms with E-state index in [0.29, 0.717) is 60.9 Å². The third kappa shape index (κ3) is 3.67. The number of aliphatic carboxylic acids is 1. The molecule has 4 heterocycles. The molecule has 1 unspecified atom stereocenters. The molecule has 2 aromatic heterocycles. The lowest BCUT2D eigenvalue weighted by Crippen LogP contribution is -2.32. The second-order valence-electron chi connectivity index (χ2n) is 9.47. The molecule has 36 heavy (non-hydrogen) atoms. The maximum absolute atomic E-state index is 16.2. The zero-order valence-corrected chi connectivity index (χ0v) is 19.3. The van der Waals surface area contributed by atoms with Crippen LogP contribution in [0.5, 0.6) is 0 Å². The van der Waals surface area contributed by atoms with Crippen LogP contribution < -0.4 is 0 Å². The van der Waals surface area contributed by atoms with Gasteiger partial charge in [-0.15, -0.1) is 0 Å². The van der Waals surface area contributed by atoms with Gasteiger partial charge in [0.2, 0.25) is 0 Å². The van der Waals surface area contributed by atoms with Crippen molar-refractivity contribution in [3.63, 3.8) is 0 Å². The van der Waals surface area contributed by atoms with Crippen LogP contribution in [0.4, 0.5) is 13.2 Å². The molecule has 2 saturated heterocycles. The first-order valence-electron chi connectivity index (χ1n) is 12.0. The van der Waals surface area contributed by atoms with Crippen LogP contribution in [0.25, 0.3) is 27.5 Å². The Morgan fingerprint density at radius 2 is 1.86 bits per heavy atom. The van der Waals surface area contributed by atoms with Crippen molar-refractivity contribution in [3.05, 3.63) is 59.2 Å². The zero-order chi connectivity index (χ0) is 25.0. The van der Waals surface area contributed by atoms with Crippen molar-refractivity contribution in [3.8, 4) is 5.69 Å². The van der Waals surface area contributed by atoms with E-state index in [1.54, 1.807) is 6.07 Å². The lowest BCUT2D eigenvalue weighted by Gasteiger charge is -2.31. The molecule has 2 aromatic carbocycles. The lowest BCUT2D eigenvalue weighted by molar-refractivity contribution is -0.153. The van der Waals surface area contributed by atoms with Crippen LogP contribution >= 0.6 is 0 Å². The minimum absolute atomic E-state index is 0.0256. The molecule has 0 spiro atoms. The summed E-state index contributed by atoms with van der Waals surface area (Å²) in [6.07, 6.45) is 2.76. The van der Waals surface area contributed by atoms with Gasteiger partial charge < -0.3 is 19.1 Å². The van der Waals surface area contributed by atoms with Crippen LogP contribution in [0.1, 0.15) is 48.8 Å². The Kier molecular flexibility index (Phi) is 5.72. The van der Waals surface area contributed by atoms with E-state index in [0.717, 1.165) is 23.4 Å². The van der Waals surface area contributed by atoms with Gasteiger partial charge in [-0.1, -0.05) is 0 Å². The predicted octanol–water partition coefficient (Wildman–Crippen LogP) is 5.17. The highest BCUT2D eigenvalue weighted by molar-refractivity contribution is 6.00. The zero-order valence-electron chi connectivity index (χ0n) is 19.3. The van der Waals surface area contributed by atoms with E-state index in [4.69, 9.17) is 9.47 Å². The first-order valence-corrected chi connectivity index (χ1v) is 12.0. The Hall–Kier alpha value is -3.37. The van der Waals surface area contributed by atoms with Crippen LogP contribution in [-0.2, 0) is 14.3 Å². The molecule has 2 aliphatic heterocycles. The number of H-pyrrole nitrogens is 1. The first kappa shape index (κ1) is 23.1. The maximum atomic E-state index is 16.2. The molecule has 7 nitrogen and oxygen atoms in total. The summed E-state index contributed by atoms with van der Waals surface area (Å²) in [5.41, 5.74) is 2.68. The average Bonchev–Trinajstić information content (AvgIpc) is 3.50. The number of benzene rings is 2. The number of nitrogens with zero attached hydrogens (tertiary/aromatic N) is 2. The van der Waals surface area contributed by atoms with Crippen LogP contribution in [0.15, 0.2) is 30.5 Å². The van der Waals surface area contributed by atoms with Crippen LogP contribution in [0.2, 0.25) is 0 Å². The van der Waals surface area contributed by atoms with E-state index in [-0.39, 0.29) is 24.0 Å². The van der Waals surface area contributed by atoms with E-state index < -0.39 is 29.5 Å². The molecule has 0 amide bonds. The fourth-order valence-electron chi connectivity index (χ4n) is 5.71. The van der Waals surface area contributed by atoms with Gasteiger partial charge in [-0.05, 0) is 49.4 Å². The number of halogens is 3. The molecule has 6 rings (SSSR count). The number of rotatable bonds is 4. The number of carboxylic acids is 1. The summed E-state index contributed by atoms with van der Waals surface area (Å²) in [6.45, 7) is 1.17. The highest BCUT2D eigenvalue weighted by atomic mass is 19.2. The minimum atomic E-state index is -1.02. The van der Waals surface area contributed by atoms with Gasteiger partial charge in [-0.3, -0.25) is 5.10 Å². The smallest absolute Gasteiger partial charge is 0.332 e. The van der Waals surface area contributed by atoms with Gasteiger partial charge in [-0.2, -0.15) is 5.10 Å². The Morgan fingerprint density at radius 3 is 2.56 bits per heavy atom. The normalized spacial score (nSPS) is 21.4. The second-order valence-corrected chi connectivity index (χ2v) is 9.47. The Bertz CT molecular complexity index is 1470. The summed E-state index contributed by atoms with van der Waals surface area (Å²) in [6, 6.07) is 5.48. The van der Waals surface area contributed by atoms with Gasteiger partial charge in [-0.25, -0.2) is 18.0 Å². The van der Waals surface area contributed by atoms with Gasteiger partial charge in [0, 0.05) is 53.3 Å². The van der Waals surface area contributed by atoms with Gasteiger partial charge in [0.05, 0.1) is 18.3 Å². The first-order chi connectivity index (χ1) is 17.4. The largest absolute Gasteiger partial charge is 0.479 e. The number of aromatic amines is 1. The highest BCUT2D eigenvalue weighted by Gasteiger charge is 2.36. The molecule has 2 atom stereocenters. The van der Waals surface area contributed by atoms with Crippen LogP contribution in [0.3, 0.4) is 0 Å². The molecule has 0 saturated carbocycles. The summed E-state index contributed by atoms with van der Waals surface area (Å²) in [5.74, 6) is -3.77. The SMILES string of the molecule is O=C(O)C1CC[C@H](c2c(C3CCOCC3)n(-c3ccc(F)c(F)c3)c3cc4cn[nH]c4c(F)c23)CO1. The third-order valence-electron chi connectivity index (χ3n) is 7.41. The Balaban J connectivity index is 1.66. The molecule has 4 aromatic rings. The number of ether oxygens (including phenoxy) is 2. The quantitative estimate of drug-likeness (QED) is 0.405. The number of carboxylic acid groups (broad SMARTS) is 1. The molecule has 2 aliphatic rings. The van der Waals surface area contributed by atoms with E-state index in [1.165, 1.54) is 12.3 Å². The fourth-order valence-corrected chi connectivity index (χ4v) is 5.71. The van der Waals surface area contributed by atoms with Crippen molar-refractivity contribution >= 4 is 27.8 Å². The molecule has 10 heteroatoms. The molecule has 0 radical (unpaired) electrons. The summed E-state index contributed by atoms with van der Waals surface area (Å²) in [7, 11) is 0. The van der Waals surface area contributed by atoms with Gasteiger partial charge in [0.15, 0.2) is 23.6 Å². The van der Waals surface area contributed by atoms with Crippen molar-refractivity contribution < 1.29 is 32.5 Å². The van der Waals surface area contributed by atoms with E-state index in [2.05, 4.69) is 10.2 Å². The standard InChI is InChI=1S/C26H24F3N3O4/c27-17-3-2-16(10-18(17)28)32-19-9-15-11-30-31-24(15)23(29)22(19)21(25(32)13-5-7-35-8-6-13)14-1-4-20(26(33)34)36-12-14/h2-3,9-11,13-14,20H,1,4-8,12H2,(H,30,31)(H,33,34)/t14-,20?/m0/s1. The van der Waals surface area contributed by atoms with Gasteiger partial charge in [0.25, 0.3) is 0 Å². The summed E-state index contributed by atoms with van der Waals surface area (Å²) >= 11 is 0. The summed E-state index contributed by atoms with van der Waals surface area (Å²) < 4.78 is 57.5. The van der Waals surface area contributed by atoms with Crippen LogP contribution in [0, 0.1) is 17.5 Å². The Morgan fingerprint density at radius 1 is 1.06 bits per heavy atom. The molecule has 0 bridgehead atoms. The topological polar surface area (TPSA) is 89.4 Å². The molecular weight excluding hydrogens is 475 g/mol. The van der Waals surface area contributed by atoms with Gasteiger partial charge in [0.1, 0.15) is 5.52 Å². The fraction of sp³-hybridized carbons (Fsp3) is 0.385.